The molecule has 2 aromatic carbocycles. The van der Waals surface area contributed by atoms with Gasteiger partial charge in [0.25, 0.3) is 0 Å². The first-order valence-electron chi connectivity index (χ1n) is 5.59. The molecule has 5 heteroatoms. The first-order valence-corrected chi connectivity index (χ1v) is 6.88. The quantitative estimate of drug-likeness (QED) is 0.512. The molecule has 0 N–H and O–H groups in total. The molecule has 0 nitrogen and oxygen atoms in total. The number of hydrogen-bond acceptors (Lipinski definition) is 2. The average Bonchev–Trinajstić information content (AvgIpc) is 2.81. The second-order valence-electron chi connectivity index (χ2n) is 4.25. The fourth-order valence-corrected chi connectivity index (χ4v) is 3.32. The minimum absolute atomic E-state index is 0.235. The first-order chi connectivity index (χ1) is 9.09. The molecule has 3 aromatic rings. The van der Waals surface area contributed by atoms with Crippen LogP contribution in [0.1, 0.15) is 11.1 Å². The van der Waals surface area contributed by atoms with E-state index in [1.165, 1.54) is 11.3 Å². The second kappa shape index (κ2) is 5.43. The van der Waals surface area contributed by atoms with Crippen LogP contribution in [0.4, 0.5) is 8.78 Å². The molecule has 1 radical (unpaired) electrons. The molecule has 0 amide bonds. The summed E-state index contributed by atoms with van der Waals surface area (Å²) < 4.78 is 29.0. The van der Waals surface area contributed by atoms with Crippen LogP contribution in [0.3, 0.4) is 0 Å². The maximum atomic E-state index is 14.0. The maximum absolute atomic E-state index is 14.0. The van der Waals surface area contributed by atoms with Crippen LogP contribution in [0.15, 0.2) is 24.3 Å². The third kappa shape index (κ3) is 2.21. The fourth-order valence-electron chi connectivity index (χ4n) is 2.03. The molecule has 1 aromatic heterocycles. The van der Waals surface area contributed by atoms with E-state index in [4.69, 9.17) is 0 Å². The Bertz CT molecular complexity index is 703. The van der Waals surface area contributed by atoms with Crippen LogP contribution in [0.2, 0.25) is 0 Å². The molecule has 0 atom stereocenters. The van der Waals surface area contributed by atoms with Crippen LogP contribution in [0.5, 0.6) is 0 Å². The van der Waals surface area contributed by atoms with Gasteiger partial charge in [0.05, 0.1) is 9.40 Å². The summed E-state index contributed by atoms with van der Waals surface area (Å²) in [6.45, 7) is 7.53. The zero-order valence-corrected chi connectivity index (χ0v) is 12.1. The van der Waals surface area contributed by atoms with E-state index in [1.54, 1.807) is 26.0 Å². The summed E-state index contributed by atoms with van der Waals surface area (Å²) in [7, 11) is 0. The molecule has 0 unspecified atom stereocenters. The van der Waals surface area contributed by atoms with Gasteiger partial charge in [0.15, 0.2) is 0 Å². The molecule has 1 heterocycles. The van der Waals surface area contributed by atoms with E-state index in [9.17, 15) is 8.78 Å². The third-order valence-corrected chi connectivity index (χ3v) is 4.28. The number of benzene rings is 2. The van der Waals surface area contributed by atoms with Gasteiger partial charge in [-0.15, -0.1) is 11.3 Å². The number of fused-ring (bicyclic) bond motifs is 3. The van der Waals surface area contributed by atoms with E-state index in [2.05, 4.69) is 18.8 Å². The van der Waals surface area contributed by atoms with E-state index in [0.717, 1.165) is 10.8 Å². The van der Waals surface area contributed by atoms with Crippen LogP contribution < -0.4 is 0 Å². The molecule has 19 heavy (non-hydrogen) atoms. The summed E-state index contributed by atoms with van der Waals surface area (Å²) in [5, 5.41) is 1.60. The van der Waals surface area contributed by atoms with Gasteiger partial charge in [0.1, 0.15) is 11.6 Å². The zero-order chi connectivity index (χ0) is 14.2. The van der Waals surface area contributed by atoms with E-state index in [1.807, 2.05) is 12.1 Å². The molecule has 0 spiro atoms. The van der Waals surface area contributed by atoms with Crippen molar-refractivity contribution in [3.05, 3.63) is 47.0 Å². The van der Waals surface area contributed by atoms with E-state index >= 15 is 0 Å². The molecule has 0 fully saturated rings. The average molecular weight is 291 g/mol. The number of hydrogen-bond donors (Lipinski definition) is 0. The fraction of sp³-hybridized carbons (Fsp3) is 0.143. The zero-order valence-electron chi connectivity index (χ0n) is 10.5. The van der Waals surface area contributed by atoms with E-state index < -0.39 is 0 Å². The summed E-state index contributed by atoms with van der Waals surface area (Å²) in [5.74, 6) is -0.471. The molecular weight excluding hydrogens is 281 g/mol. The van der Waals surface area contributed by atoms with Crippen molar-refractivity contribution >= 4 is 50.3 Å². The van der Waals surface area contributed by atoms with Crippen molar-refractivity contribution in [1.29, 1.82) is 0 Å². The molecule has 0 aliphatic carbocycles. The third-order valence-electron chi connectivity index (χ3n) is 3.07. The Morgan fingerprint density at radius 1 is 0.842 bits per heavy atom. The molecule has 0 bridgehead atoms. The van der Waals surface area contributed by atoms with Gasteiger partial charge in [0.2, 0.25) is 0 Å². The Morgan fingerprint density at radius 3 is 1.58 bits per heavy atom. The molecule has 0 saturated carbocycles. The predicted octanol–water partition coefficient (Wildman–Crippen LogP) is 5.22. The molecule has 0 aliphatic heterocycles. The minimum atomic E-state index is -0.235. The van der Waals surface area contributed by atoms with Gasteiger partial charge in [-0.25, -0.2) is 8.78 Å². The first kappa shape index (κ1) is 14.2. The molecule has 0 aliphatic rings. The number of rotatable bonds is 0. The molecule has 3 rings (SSSR count). The van der Waals surface area contributed by atoms with Gasteiger partial charge in [-0.2, -0.15) is 0 Å². The summed E-state index contributed by atoms with van der Waals surface area (Å²) >= 11 is 4.78. The van der Waals surface area contributed by atoms with Gasteiger partial charge in [-0.1, -0.05) is 24.3 Å². The Kier molecular flexibility index (Phi) is 4.06. The van der Waals surface area contributed by atoms with Crippen LogP contribution >= 0.6 is 23.4 Å². The van der Waals surface area contributed by atoms with Crippen molar-refractivity contribution in [2.24, 2.45) is 0 Å². The van der Waals surface area contributed by atoms with Crippen molar-refractivity contribution in [3.63, 3.8) is 0 Å². The van der Waals surface area contributed by atoms with Gasteiger partial charge < -0.3 is 0 Å². The van der Waals surface area contributed by atoms with Crippen LogP contribution in [0, 0.1) is 25.5 Å². The summed E-state index contributed by atoms with van der Waals surface area (Å²) in [6.07, 6.45) is 0. The summed E-state index contributed by atoms with van der Waals surface area (Å²) in [4.78, 5) is 0. The Morgan fingerprint density at radius 2 is 1.21 bits per heavy atom. The van der Waals surface area contributed by atoms with Crippen molar-refractivity contribution in [2.45, 2.75) is 13.8 Å². The van der Waals surface area contributed by atoms with Gasteiger partial charge in [0, 0.05) is 10.8 Å². The molecule has 95 valence electrons. The monoisotopic (exact) mass is 291 g/mol. The number of thiophene rings is 1. The van der Waals surface area contributed by atoms with Crippen LogP contribution in [-0.4, -0.2) is 6.72 Å². The van der Waals surface area contributed by atoms with Crippen LogP contribution in [-0.2, 0) is 0 Å². The Hall–Kier alpha value is -1.20. The Balaban J connectivity index is 0.000000637. The number of aryl methyl sites for hydroxylation is 2. The van der Waals surface area contributed by atoms with Crippen molar-refractivity contribution in [1.82, 2.24) is 0 Å². The second-order valence-corrected chi connectivity index (χ2v) is 5.27. The van der Waals surface area contributed by atoms with Crippen molar-refractivity contribution in [2.75, 3.05) is 0 Å². The predicted molar refractivity (Wildman–Crippen MR) is 82.1 cm³/mol. The van der Waals surface area contributed by atoms with Crippen LogP contribution in [0.25, 0.3) is 20.2 Å². The van der Waals surface area contributed by atoms with Gasteiger partial charge in [-0.05, 0) is 25.0 Å². The topological polar surface area (TPSA) is 0 Å². The standard InChI is InChI=1S/C14H10F2S.BS/c1-7-3-5-9-10-6-4-8(2)12(16)14(10)17-13(9)11(7)15;1-2/h3-6H,1-2H3;. The van der Waals surface area contributed by atoms with Crippen molar-refractivity contribution < 1.29 is 8.78 Å². The number of halogens is 2. The normalized spacial score (nSPS) is 10.5. The van der Waals surface area contributed by atoms with Gasteiger partial charge in [-0.3, -0.25) is 0 Å². The van der Waals surface area contributed by atoms with E-state index in [-0.39, 0.29) is 11.6 Å². The Labute approximate surface area is 120 Å². The van der Waals surface area contributed by atoms with Gasteiger partial charge >= 0.3 is 18.8 Å². The molecule has 0 saturated heterocycles. The summed E-state index contributed by atoms with van der Waals surface area (Å²) in [5.41, 5.74) is 1.20. The molecular formula is C14H10BF2S2. The van der Waals surface area contributed by atoms with E-state index in [0.29, 0.717) is 20.5 Å². The van der Waals surface area contributed by atoms with Crippen molar-refractivity contribution in [3.8, 4) is 0 Å². The summed E-state index contributed by atoms with van der Waals surface area (Å²) in [6, 6.07) is 7.20. The SMILES string of the molecule is Cc1ccc2c(sc3c(F)c(C)ccc32)c1F.[B]=S.